The summed E-state index contributed by atoms with van der Waals surface area (Å²) in [7, 11) is 1.54. The van der Waals surface area contributed by atoms with Crippen molar-refractivity contribution in [1.29, 1.82) is 0 Å². The average molecular weight is 591 g/mol. The molecule has 1 fully saturated rings. The van der Waals surface area contributed by atoms with E-state index in [1.165, 1.54) is 7.11 Å². The molecule has 44 heavy (non-hydrogen) atoms. The molecule has 8 nitrogen and oxygen atoms in total. The van der Waals surface area contributed by atoms with Crippen LogP contribution >= 0.6 is 0 Å². The second-order valence-corrected chi connectivity index (χ2v) is 11.1. The molecule has 1 saturated heterocycles. The average Bonchev–Trinajstić information content (AvgIpc) is 3.72. The van der Waals surface area contributed by atoms with E-state index in [1.54, 1.807) is 12.3 Å². The third-order valence-corrected chi connectivity index (χ3v) is 7.91. The van der Waals surface area contributed by atoms with E-state index in [1.807, 2.05) is 79.0 Å². The van der Waals surface area contributed by atoms with Gasteiger partial charge in [0.2, 0.25) is 11.5 Å². The van der Waals surface area contributed by atoms with Crippen molar-refractivity contribution >= 4 is 11.0 Å². The number of rotatable bonds is 10. The summed E-state index contributed by atoms with van der Waals surface area (Å²) < 4.78 is 42.9. The lowest BCUT2D eigenvalue weighted by Gasteiger charge is -2.41. The highest BCUT2D eigenvalue weighted by atomic mass is 19.1. The second-order valence-electron chi connectivity index (χ2n) is 11.1. The number of nitrogens with zero attached hydrogens (tertiary/aromatic N) is 3. The van der Waals surface area contributed by atoms with Gasteiger partial charge in [0.25, 0.3) is 0 Å². The molecular weight excluding hydrogens is 559 g/mol. The molecule has 4 aromatic carbocycles. The smallest absolute Gasteiger partial charge is 0.207 e. The topological polar surface area (TPSA) is 83.4 Å². The number of nitrogens with one attached hydrogen (secondary N) is 1. The minimum atomic E-state index is -0.583. The first-order chi connectivity index (χ1) is 21.5. The third-order valence-electron chi connectivity index (χ3n) is 7.91. The fourth-order valence-electron chi connectivity index (χ4n) is 5.55. The molecule has 0 saturated carbocycles. The van der Waals surface area contributed by atoms with Crippen LogP contribution in [0.25, 0.3) is 33.5 Å². The van der Waals surface area contributed by atoms with Crippen molar-refractivity contribution in [2.24, 2.45) is 0 Å². The number of aromatic nitrogens is 4. The number of halogens is 1. The molecule has 6 aromatic rings. The number of aromatic amines is 1. The van der Waals surface area contributed by atoms with Gasteiger partial charge < -0.3 is 23.5 Å². The van der Waals surface area contributed by atoms with Crippen LogP contribution in [0.1, 0.15) is 18.1 Å². The first-order valence-corrected chi connectivity index (χ1v) is 14.4. The zero-order valence-electron chi connectivity index (χ0n) is 24.4. The molecule has 1 N–H and O–H groups in total. The van der Waals surface area contributed by atoms with E-state index in [4.69, 9.17) is 23.9 Å². The van der Waals surface area contributed by atoms with Gasteiger partial charge in [-0.3, -0.25) is 5.10 Å². The first-order valence-electron chi connectivity index (χ1n) is 14.4. The maximum Gasteiger partial charge on any atom is 0.207 e. The Morgan fingerprint density at radius 1 is 0.886 bits per heavy atom. The molecule has 3 heterocycles. The van der Waals surface area contributed by atoms with Gasteiger partial charge in [-0.05, 0) is 41.8 Å². The van der Waals surface area contributed by atoms with Crippen LogP contribution in [0.15, 0.2) is 97.3 Å². The molecule has 0 amide bonds. The minimum absolute atomic E-state index is 0.0353. The fraction of sp³-hybridized carbons (Fsp3) is 0.200. The van der Waals surface area contributed by atoms with Gasteiger partial charge >= 0.3 is 0 Å². The summed E-state index contributed by atoms with van der Waals surface area (Å²) in [4.78, 5) is 4.96. The number of fused-ring (bicyclic) bond motifs is 1. The summed E-state index contributed by atoms with van der Waals surface area (Å²) >= 11 is 0. The summed E-state index contributed by atoms with van der Waals surface area (Å²) in [5.74, 6) is 0.363. The summed E-state index contributed by atoms with van der Waals surface area (Å²) in [5.41, 5.74) is 5.13. The molecule has 7 rings (SSSR count). The molecule has 0 spiro atoms. The van der Waals surface area contributed by atoms with Gasteiger partial charge in [0, 0.05) is 11.8 Å². The zero-order valence-corrected chi connectivity index (χ0v) is 24.4. The molecule has 1 aliphatic rings. The minimum Gasteiger partial charge on any atom is -0.493 e. The van der Waals surface area contributed by atoms with E-state index < -0.39 is 11.4 Å². The van der Waals surface area contributed by atoms with E-state index in [0.29, 0.717) is 24.8 Å². The summed E-state index contributed by atoms with van der Waals surface area (Å²) in [6.07, 6.45) is 3.61. The van der Waals surface area contributed by atoms with Crippen molar-refractivity contribution in [2.45, 2.75) is 25.7 Å². The van der Waals surface area contributed by atoms with Crippen molar-refractivity contribution < 1.29 is 23.3 Å². The summed E-state index contributed by atoms with van der Waals surface area (Å²) in [5, 5.41) is 6.96. The Labute approximate surface area is 254 Å². The van der Waals surface area contributed by atoms with E-state index in [9.17, 15) is 0 Å². The first kappa shape index (κ1) is 27.7. The predicted octanol–water partition coefficient (Wildman–Crippen LogP) is 7.14. The highest BCUT2D eigenvalue weighted by Gasteiger charge is 2.40. The molecule has 9 heteroatoms. The van der Waals surface area contributed by atoms with Gasteiger partial charge in [-0.15, -0.1) is 0 Å². The van der Waals surface area contributed by atoms with Gasteiger partial charge in [0.15, 0.2) is 11.6 Å². The van der Waals surface area contributed by atoms with Crippen LogP contribution < -0.4 is 14.2 Å². The summed E-state index contributed by atoms with van der Waals surface area (Å²) in [6, 6.07) is 26.9. The van der Waals surface area contributed by atoms with Gasteiger partial charge in [-0.25, -0.2) is 9.37 Å². The molecule has 0 radical (unpaired) electrons. The van der Waals surface area contributed by atoms with E-state index >= 15 is 4.39 Å². The number of imidazole rings is 1. The van der Waals surface area contributed by atoms with Gasteiger partial charge in [0.05, 0.1) is 48.7 Å². The number of hydrogen-bond acceptors (Lipinski definition) is 6. The molecular formula is C35H31FN4O4. The molecule has 2 aromatic heterocycles. The molecule has 1 aliphatic heterocycles. The number of benzene rings is 4. The van der Waals surface area contributed by atoms with Crippen LogP contribution in [0.5, 0.6) is 17.2 Å². The Hall–Kier alpha value is -5.15. The fourth-order valence-corrected chi connectivity index (χ4v) is 5.55. The Morgan fingerprint density at radius 2 is 1.57 bits per heavy atom. The molecule has 0 bridgehead atoms. The Kier molecular flexibility index (Phi) is 7.23. The maximum atomic E-state index is 16.9. The lowest BCUT2D eigenvalue weighted by molar-refractivity contribution is -0.0868. The molecule has 0 atom stereocenters. The van der Waals surface area contributed by atoms with E-state index in [0.717, 1.165) is 33.3 Å². The third kappa shape index (κ3) is 5.05. The van der Waals surface area contributed by atoms with Gasteiger partial charge in [0.1, 0.15) is 19.0 Å². The monoisotopic (exact) mass is 590 g/mol. The van der Waals surface area contributed by atoms with Crippen molar-refractivity contribution in [3.63, 3.8) is 0 Å². The largest absolute Gasteiger partial charge is 0.493 e. The standard InChI is InChI=1S/C35H31FN4O4/c1-35(21-42-22-35)40-29-15-25(26-17-37-38-18-26)13-14-28(29)39-34(40)27-16-30(41-2)32(43-19-23-9-5-3-6-10-23)33(31(27)36)44-20-24-11-7-4-8-12-24/h3-18H,19-22H2,1-2H3,(H,37,38). The highest BCUT2D eigenvalue weighted by molar-refractivity contribution is 5.86. The quantitative estimate of drug-likeness (QED) is 0.183. The van der Waals surface area contributed by atoms with E-state index in [-0.39, 0.29) is 30.3 Å². The highest BCUT2D eigenvalue weighted by Crippen LogP contribution is 2.47. The Balaban J connectivity index is 1.39. The number of methoxy groups -OCH3 is 1. The normalized spacial score (nSPS) is 13.9. The van der Waals surface area contributed by atoms with Crippen molar-refractivity contribution in [3.05, 3.63) is 114 Å². The zero-order chi connectivity index (χ0) is 30.1. The van der Waals surface area contributed by atoms with Crippen molar-refractivity contribution in [3.8, 4) is 39.8 Å². The number of ether oxygens (including phenoxy) is 4. The molecule has 0 aliphatic carbocycles. The SMILES string of the molecule is COc1cc(-c2nc3ccc(-c4cn[nH]c4)cc3n2C2(C)COC2)c(F)c(OCc2ccccc2)c1OCc1ccccc1. The Bertz CT molecular complexity index is 1900. The van der Waals surface area contributed by atoms with E-state index in [2.05, 4.69) is 27.8 Å². The van der Waals surface area contributed by atoms with Gasteiger partial charge in [-0.1, -0.05) is 66.7 Å². The molecule has 222 valence electrons. The maximum absolute atomic E-state index is 16.9. The molecule has 0 unspecified atom stereocenters. The van der Waals surface area contributed by atoms with Crippen molar-refractivity contribution in [1.82, 2.24) is 19.7 Å². The lowest BCUT2D eigenvalue weighted by atomic mass is 9.98. The van der Waals surface area contributed by atoms with Crippen LogP contribution in [-0.2, 0) is 23.5 Å². The van der Waals surface area contributed by atoms with Gasteiger partial charge in [-0.2, -0.15) is 5.10 Å². The number of H-pyrrole nitrogens is 1. The van der Waals surface area contributed by atoms with Crippen LogP contribution in [0.3, 0.4) is 0 Å². The predicted molar refractivity (Wildman–Crippen MR) is 165 cm³/mol. The van der Waals surface area contributed by atoms with Crippen LogP contribution in [0.2, 0.25) is 0 Å². The van der Waals surface area contributed by atoms with Crippen LogP contribution in [0, 0.1) is 5.82 Å². The second kappa shape index (κ2) is 11.5. The lowest BCUT2D eigenvalue weighted by Crippen LogP contribution is -2.49. The van der Waals surface area contributed by atoms with Crippen molar-refractivity contribution in [2.75, 3.05) is 20.3 Å². The Morgan fingerprint density at radius 3 is 2.16 bits per heavy atom. The summed E-state index contributed by atoms with van der Waals surface area (Å²) in [6.45, 7) is 3.38. The number of hydrogen-bond donors (Lipinski definition) is 1. The van der Waals surface area contributed by atoms with Crippen LogP contribution in [-0.4, -0.2) is 40.1 Å². The van der Waals surface area contributed by atoms with Crippen LogP contribution in [0.4, 0.5) is 4.39 Å².